The van der Waals surface area contributed by atoms with E-state index in [9.17, 15) is 4.79 Å². The molecule has 2 nitrogen and oxygen atoms in total. The molecule has 2 aromatic rings. The molecule has 0 unspecified atom stereocenters. The lowest BCUT2D eigenvalue weighted by molar-refractivity contribution is 0.0750. The molecule has 19 heavy (non-hydrogen) atoms. The Bertz CT molecular complexity index is 560. The maximum Gasteiger partial charge on any atom is 0.264 e. The molecule has 0 spiro atoms. The third kappa shape index (κ3) is 3.27. The van der Waals surface area contributed by atoms with E-state index in [-0.39, 0.29) is 5.91 Å². The minimum atomic E-state index is 0.190. The average Bonchev–Trinajstić information content (AvgIpc) is 2.92. The number of amides is 1. The van der Waals surface area contributed by atoms with Crippen LogP contribution in [0, 0.1) is 0 Å². The summed E-state index contributed by atoms with van der Waals surface area (Å²) in [4.78, 5) is 16.8. The molecule has 0 N–H and O–H groups in total. The highest BCUT2D eigenvalue weighted by atomic mass is 79.9. The Labute approximate surface area is 129 Å². The van der Waals surface area contributed by atoms with Crippen LogP contribution in [0.1, 0.15) is 27.4 Å². The maximum atomic E-state index is 12.5. The molecule has 0 atom stereocenters. The van der Waals surface area contributed by atoms with Crippen molar-refractivity contribution in [3.05, 3.63) is 43.2 Å². The Kier molecular flexibility index (Phi) is 4.05. The summed E-state index contributed by atoms with van der Waals surface area (Å²) in [6, 6.07) is 6.60. The quantitative estimate of drug-likeness (QED) is 0.777. The fourth-order valence-electron chi connectivity index (χ4n) is 2.09. The van der Waals surface area contributed by atoms with Crippen molar-refractivity contribution in [1.29, 1.82) is 0 Å². The number of hydrogen-bond acceptors (Lipinski definition) is 3. The van der Waals surface area contributed by atoms with Gasteiger partial charge in [0, 0.05) is 27.3 Å². The molecular formula is C14H14BrNOS2. The summed E-state index contributed by atoms with van der Waals surface area (Å²) in [5, 5.41) is 4.06. The molecule has 2 heterocycles. The predicted octanol–water partition coefficient (Wildman–Crippen LogP) is 4.42. The lowest BCUT2D eigenvalue weighted by Crippen LogP contribution is -2.34. The average molecular weight is 356 g/mol. The van der Waals surface area contributed by atoms with Gasteiger partial charge in [-0.05, 0) is 52.7 Å². The number of nitrogens with zero attached hydrogens (tertiary/aromatic N) is 1. The Morgan fingerprint density at radius 3 is 2.84 bits per heavy atom. The highest BCUT2D eigenvalue weighted by Gasteiger charge is 2.33. The number of carbonyl (C=O) groups excluding carboxylic acids is 1. The molecule has 0 bridgehead atoms. The third-order valence-corrected chi connectivity index (χ3v) is 5.82. The normalized spacial score (nSPS) is 14.6. The molecular weight excluding hydrogens is 342 g/mol. The van der Waals surface area contributed by atoms with Crippen LogP contribution in [-0.2, 0) is 6.42 Å². The molecule has 0 aromatic carbocycles. The van der Waals surface area contributed by atoms with Gasteiger partial charge in [-0.15, -0.1) is 22.7 Å². The zero-order valence-electron chi connectivity index (χ0n) is 10.3. The Balaban J connectivity index is 1.68. The molecule has 5 heteroatoms. The fraction of sp³-hybridized carbons (Fsp3) is 0.357. The molecule has 1 amide bonds. The van der Waals surface area contributed by atoms with Crippen molar-refractivity contribution < 1.29 is 4.79 Å². The topological polar surface area (TPSA) is 20.3 Å². The van der Waals surface area contributed by atoms with Gasteiger partial charge in [0.15, 0.2) is 0 Å². The summed E-state index contributed by atoms with van der Waals surface area (Å²) >= 11 is 6.70. The summed E-state index contributed by atoms with van der Waals surface area (Å²) in [5.74, 6) is 0.190. The fourth-order valence-corrected chi connectivity index (χ4v) is 4.17. The van der Waals surface area contributed by atoms with E-state index in [1.807, 2.05) is 11.4 Å². The van der Waals surface area contributed by atoms with Gasteiger partial charge in [-0.3, -0.25) is 4.79 Å². The van der Waals surface area contributed by atoms with Crippen molar-refractivity contribution in [2.45, 2.75) is 25.3 Å². The zero-order chi connectivity index (χ0) is 13.2. The van der Waals surface area contributed by atoms with Crippen LogP contribution in [0.3, 0.4) is 0 Å². The smallest absolute Gasteiger partial charge is 0.264 e. The second kappa shape index (κ2) is 5.77. The summed E-state index contributed by atoms with van der Waals surface area (Å²) in [6.07, 6.45) is 3.28. The Morgan fingerprint density at radius 1 is 1.42 bits per heavy atom. The molecule has 1 saturated carbocycles. The first-order valence-corrected chi connectivity index (χ1v) is 8.86. The molecule has 2 aromatic heterocycles. The van der Waals surface area contributed by atoms with E-state index < -0.39 is 0 Å². The van der Waals surface area contributed by atoms with Crippen molar-refractivity contribution >= 4 is 44.5 Å². The number of thiophene rings is 2. The first-order chi connectivity index (χ1) is 9.24. The Hall–Kier alpha value is -0.650. The summed E-state index contributed by atoms with van der Waals surface area (Å²) in [5.41, 5.74) is 0. The van der Waals surface area contributed by atoms with Crippen LogP contribution < -0.4 is 0 Å². The van der Waals surface area contributed by atoms with Crippen LogP contribution in [-0.4, -0.2) is 23.4 Å². The lowest BCUT2D eigenvalue weighted by Gasteiger charge is -2.21. The molecule has 3 rings (SSSR count). The van der Waals surface area contributed by atoms with Gasteiger partial charge in [0.2, 0.25) is 0 Å². The number of rotatable bonds is 5. The lowest BCUT2D eigenvalue weighted by atomic mass is 10.3. The van der Waals surface area contributed by atoms with Crippen LogP contribution >= 0.6 is 38.6 Å². The molecule has 100 valence electrons. The summed E-state index contributed by atoms with van der Waals surface area (Å²) in [6.45, 7) is 0.833. The largest absolute Gasteiger partial charge is 0.335 e. The number of carbonyl (C=O) groups is 1. The van der Waals surface area contributed by atoms with E-state index in [0.717, 1.165) is 35.2 Å². The SMILES string of the molecule is O=C(c1cc(Br)cs1)N(CCc1cccs1)C1CC1. The second-order valence-corrected chi connectivity index (χ2v) is 7.55. The van der Waals surface area contributed by atoms with Gasteiger partial charge in [-0.1, -0.05) is 6.07 Å². The molecule has 1 fully saturated rings. The van der Waals surface area contributed by atoms with Gasteiger partial charge in [0.1, 0.15) is 0 Å². The Morgan fingerprint density at radius 2 is 2.26 bits per heavy atom. The first kappa shape index (κ1) is 13.3. The van der Waals surface area contributed by atoms with Crippen molar-refractivity contribution in [2.75, 3.05) is 6.54 Å². The van der Waals surface area contributed by atoms with Crippen LogP contribution in [0.5, 0.6) is 0 Å². The number of hydrogen-bond donors (Lipinski definition) is 0. The monoisotopic (exact) mass is 355 g/mol. The standard InChI is InChI=1S/C14H14BrNOS2/c15-10-8-13(19-9-10)14(17)16(11-3-4-11)6-5-12-2-1-7-18-12/h1-2,7-9,11H,3-6H2. The van der Waals surface area contributed by atoms with Gasteiger partial charge in [-0.25, -0.2) is 0 Å². The third-order valence-electron chi connectivity index (χ3n) is 3.21. The van der Waals surface area contributed by atoms with Crippen LogP contribution in [0.15, 0.2) is 33.4 Å². The van der Waals surface area contributed by atoms with Gasteiger partial charge in [0.25, 0.3) is 5.91 Å². The zero-order valence-corrected chi connectivity index (χ0v) is 13.6. The minimum absolute atomic E-state index is 0.190. The van der Waals surface area contributed by atoms with E-state index in [4.69, 9.17) is 0 Å². The van der Waals surface area contributed by atoms with Crippen molar-refractivity contribution in [1.82, 2.24) is 4.90 Å². The maximum absolute atomic E-state index is 12.5. The molecule has 1 aliphatic rings. The van der Waals surface area contributed by atoms with Crippen molar-refractivity contribution in [3.8, 4) is 0 Å². The predicted molar refractivity (Wildman–Crippen MR) is 84.1 cm³/mol. The van der Waals surface area contributed by atoms with Crippen molar-refractivity contribution in [2.24, 2.45) is 0 Å². The van der Waals surface area contributed by atoms with E-state index in [1.165, 1.54) is 16.2 Å². The van der Waals surface area contributed by atoms with E-state index in [2.05, 4.69) is 38.3 Å². The van der Waals surface area contributed by atoms with E-state index >= 15 is 0 Å². The summed E-state index contributed by atoms with van der Waals surface area (Å²) < 4.78 is 0.995. The minimum Gasteiger partial charge on any atom is -0.335 e. The van der Waals surface area contributed by atoms with Gasteiger partial charge >= 0.3 is 0 Å². The van der Waals surface area contributed by atoms with Crippen LogP contribution in [0.25, 0.3) is 0 Å². The van der Waals surface area contributed by atoms with E-state index in [1.54, 1.807) is 11.3 Å². The highest BCUT2D eigenvalue weighted by molar-refractivity contribution is 9.10. The molecule has 0 saturated heterocycles. The van der Waals surface area contributed by atoms with Crippen LogP contribution in [0.2, 0.25) is 0 Å². The van der Waals surface area contributed by atoms with E-state index in [0.29, 0.717) is 6.04 Å². The van der Waals surface area contributed by atoms with Gasteiger partial charge < -0.3 is 4.90 Å². The molecule has 0 aliphatic heterocycles. The summed E-state index contributed by atoms with van der Waals surface area (Å²) in [7, 11) is 0. The molecule has 1 aliphatic carbocycles. The first-order valence-electron chi connectivity index (χ1n) is 6.31. The van der Waals surface area contributed by atoms with Crippen LogP contribution in [0.4, 0.5) is 0 Å². The van der Waals surface area contributed by atoms with Gasteiger partial charge in [-0.2, -0.15) is 0 Å². The second-order valence-electron chi connectivity index (χ2n) is 4.69. The number of halogens is 1. The molecule has 0 radical (unpaired) electrons. The highest BCUT2D eigenvalue weighted by Crippen LogP contribution is 2.30. The van der Waals surface area contributed by atoms with Crippen molar-refractivity contribution in [3.63, 3.8) is 0 Å². The van der Waals surface area contributed by atoms with Gasteiger partial charge in [0.05, 0.1) is 4.88 Å².